The van der Waals surface area contributed by atoms with Gasteiger partial charge in [0.05, 0.1) is 0 Å². The van der Waals surface area contributed by atoms with Gasteiger partial charge in [-0.25, -0.2) is 0 Å². The van der Waals surface area contributed by atoms with Crippen LogP contribution in [0.5, 0.6) is 0 Å². The molecule has 15 heavy (non-hydrogen) atoms. The van der Waals surface area contributed by atoms with E-state index in [9.17, 15) is 4.79 Å². The van der Waals surface area contributed by atoms with E-state index in [1.807, 2.05) is 42.5 Å². The van der Waals surface area contributed by atoms with Crippen LogP contribution in [-0.4, -0.2) is 0 Å². The number of rotatable bonds is 1. The lowest BCUT2D eigenvalue weighted by Gasteiger charge is -1.96. The second kappa shape index (κ2) is 4.41. The third kappa shape index (κ3) is 2.34. The molecule has 0 saturated carbocycles. The normalized spacial score (nSPS) is 9.93. The molecule has 0 bridgehead atoms. The highest BCUT2D eigenvalue weighted by Gasteiger charge is 2.00. The van der Waals surface area contributed by atoms with Crippen molar-refractivity contribution in [1.29, 1.82) is 0 Å². The van der Waals surface area contributed by atoms with E-state index in [0.717, 1.165) is 10.0 Å². The molecule has 0 saturated heterocycles. The van der Waals surface area contributed by atoms with Crippen LogP contribution >= 0.6 is 15.9 Å². The lowest BCUT2D eigenvalue weighted by molar-refractivity contribution is 1.59. The highest BCUT2D eigenvalue weighted by molar-refractivity contribution is 9.10. The fourth-order valence-corrected chi connectivity index (χ4v) is 1.80. The van der Waals surface area contributed by atoms with Crippen LogP contribution in [0.15, 0.2) is 63.9 Å². The minimum Gasteiger partial charge on any atom is -0.289 e. The molecule has 2 heteroatoms. The monoisotopic (exact) mass is 260 g/mol. The fraction of sp³-hybridized carbons (Fsp3) is 0. The van der Waals surface area contributed by atoms with Crippen molar-refractivity contribution >= 4 is 15.9 Å². The molecule has 0 N–H and O–H groups in total. The van der Waals surface area contributed by atoms with E-state index >= 15 is 0 Å². The van der Waals surface area contributed by atoms with E-state index in [2.05, 4.69) is 15.9 Å². The van der Waals surface area contributed by atoms with Crippen LogP contribution in [0.25, 0.3) is 11.1 Å². The fourth-order valence-electron chi connectivity index (χ4n) is 1.42. The zero-order valence-electron chi connectivity index (χ0n) is 7.98. The zero-order valence-corrected chi connectivity index (χ0v) is 9.57. The molecular weight excluding hydrogens is 252 g/mol. The Morgan fingerprint density at radius 1 is 0.867 bits per heavy atom. The third-order valence-electron chi connectivity index (χ3n) is 2.14. The third-order valence-corrected chi connectivity index (χ3v) is 2.63. The van der Waals surface area contributed by atoms with E-state index in [4.69, 9.17) is 0 Å². The topological polar surface area (TPSA) is 17.1 Å². The summed E-state index contributed by atoms with van der Waals surface area (Å²) in [6.07, 6.45) is 0. The van der Waals surface area contributed by atoms with E-state index < -0.39 is 0 Å². The molecule has 0 amide bonds. The van der Waals surface area contributed by atoms with Gasteiger partial charge >= 0.3 is 0 Å². The van der Waals surface area contributed by atoms with Crippen LogP contribution in [-0.2, 0) is 0 Å². The molecule has 0 heterocycles. The molecule has 0 atom stereocenters. The molecule has 74 valence electrons. The van der Waals surface area contributed by atoms with Crippen LogP contribution in [0.1, 0.15) is 0 Å². The maximum absolute atomic E-state index is 11.8. The van der Waals surface area contributed by atoms with Crippen molar-refractivity contribution in [2.45, 2.75) is 0 Å². The van der Waals surface area contributed by atoms with E-state index in [-0.39, 0.29) is 5.43 Å². The highest BCUT2D eigenvalue weighted by Crippen LogP contribution is 2.17. The molecule has 2 aromatic rings. The predicted molar refractivity (Wildman–Crippen MR) is 65.8 cm³/mol. The van der Waals surface area contributed by atoms with E-state index in [1.165, 1.54) is 0 Å². The van der Waals surface area contributed by atoms with Crippen LogP contribution in [0.3, 0.4) is 0 Å². The SMILES string of the molecule is O=c1cccc(Br)cc1-c1ccccc1. The summed E-state index contributed by atoms with van der Waals surface area (Å²) in [7, 11) is 0. The number of halogens is 1. The lowest BCUT2D eigenvalue weighted by atomic mass is 10.1. The molecular formula is C13H9BrO. The van der Waals surface area contributed by atoms with Gasteiger partial charge < -0.3 is 0 Å². The van der Waals surface area contributed by atoms with Gasteiger partial charge in [-0.2, -0.15) is 0 Å². The molecule has 0 aliphatic carbocycles. The summed E-state index contributed by atoms with van der Waals surface area (Å²) in [5.74, 6) is 0. The molecule has 1 nitrogen and oxygen atoms in total. The first kappa shape index (κ1) is 10.1. The Morgan fingerprint density at radius 3 is 2.33 bits per heavy atom. The molecule has 0 fully saturated rings. The summed E-state index contributed by atoms with van der Waals surface area (Å²) in [5, 5.41) is 0. The van der Waals surface area contributed by atoms with Gasteiger partial charge in [-0.1, -0.05) is 52.3 Å². The van der Waals surface area contributed by atoms with Gasteiger partial charge in [-0.15, -0.1) is 0 Å². The van der Waals surface area contributed by atoms with Crippen LogP contribution in [0, 0.1) is 0 Å². The smallest absolute Gasteiger partial charge is 0.186 e. The molecule has 0 radical (unpaired) electrons. The van der Waals surface area contributed by atoms with Crippen LogP contribution in [0.4, 0.5) is 0 Å². The molecule has 0 spiro atoms. The highest BCUT2D eigenvalue weighted by atomic mass is 79.9. The lowest BCUT2D eigenvalue weighted by Crippen LogP contribution is -1.98. The Kier molecular flexibility index (Phi) is 2.97. The number of hydrogen-bond acceptors (Lipinski definition) is 1. The summed E-state index contributed by atoms with van der Waals surface area (Å²) in [6.45, 7) is 0. The first-order chi connectivity index (χ1) is 7.27. The predicted octanol–water partition coefficient (Wildman–Crippen LogP) is 3.48. The van der Waals surface area contributed by atoms with Crippen molar-refractivity contribution in [1.82, 2.24) is 0 Å². The minimum absolute atomic E-state index is 0.0342. The Balaban J connectivity index is 2.70. The number of hydrogen-bond donors (Lipinski definition) is 0. The zero-order chi connectivity index (χ0) is 10.7. The van der Waals surface area contributed by atoms with Gasteiger partial charge in [-0.05, 0) is 23.8 Å². The summed E-state index contributed by atoms with van der Waals surface area (Å²) in [4.78, 5) is 11.8. The van der Waals surface area contributed by atoms with Gasteiger partial charge in [-0.3, -0.25) is 4.79 Å². The van der Waals surface area contributed by atoms with Crippen molar-refractivity contribution in [2.24, 2.45) is 0 Å². The standard InChI is InChI=1S/C13H9BrO/c14-11-7-4-8-13(15)12(9-11)10-5-2-1-3-6-10/h1-9H. The molecule has 2 rings (SSSR count). The molecule has 0 unspecified atom stereocenters. The maximum atomic E-state index is 11.8. The molecule has 0 aliphatic heterocycles. The minimum atomic E-state index is 0.0342. The Hall–Kier alpha value is -1.41. The quantitative estimate of drug-likeness (QED) is 0.768. The van der Waals surface area contributed by atoms with Gasteiger partial charge in [0, 0.05) is 10.0 Å². The largest absolute Gasteiger partial charge is 0.289 e. The average Bonchev–Trinajstić information content (AvgIpc) is 2.42. The van der Waals surface area contributed by atoms with E-state index in [0.29, 0.717) is 5.56 Å². The molecule has 0 aliphatic rings. The van der Waals surface area contributed by atoms with Crippen molar-refractivity contribution in [3.63, 3.8) is 0 Å². The average molecular weight is 261 g/mol. The molecule has 0 aromatic heterocycles. The molecule has 2 aromatic carbocycles. The van der Waals surface area contributed by atoms with Gasteiger partial charge in [0.2, 0.25) is 0 Å². The Bertz CT molecular complexity index is 520. The van der Waals surface area contributed by atoms with E-state index in [1.54, 1.807) is 12.1 Å². The summed E-state index contributed by atoms with van der Waals surface area (Å²) >= 11 is 3.38. The number of benzene rings is 1. The van der Waals surface area contributed by atoms with Gasteiger partial charge in [0.1, 0.15) is 0 Å². The second-order valence-electron chi connectivity index (χ2n) is 3.20. The Morgan fingerprint density at radius 2 is 1.60 bits per heavy atom. The van der Waals surface area contributed by atoms with Gasteiger partial charge in [0.25, 0.3) is 0 Å². The van der Waals surface area contributed by atoms with Crippen molar-refractivity contribution in [2.75, 3.05) is 0 Å². The summed E-state index contributed by atoms with van der Waals surface area (Å²) in [6, 6.07) is 16.7. The summed E-state index contributed by atoms with van der Waals surface area (Å²) in [5.41, 5.74) is 1.69. The van der Waals surface area contributed by atoms with Crippen LogP contribution < -0.4 is 5.43 Å². The first-order valence-electron chi connectivity index (χ1n) is 4.63. The first-order valence-corrected chi connectivity index (χ1v) is 5.42. The van der Waals surface area contributed by atoms with Crippen molar-refractivity contribution < 1.29 is 0 Å². The second-order valence-corrected chi connectivity index (χ2v) is 4.11. The van der Waals surface area contributed by atoms with Crippen molar-refractivity contribution in [3.8, 4) is 11.1 Å². The van der Waals surface area contributed by atoms with Crippen LogP contribution in [0.2, 0.25) is 0 Å². The van der Waals surface area contributed by atoms with Crippen molar-refractivity contribution in [3.05, 3.63) is 69.3 Å². The maximum Gasteiger partial charge on any atom is 0.186 e. The Labute approximate surface area is 96.5 Å². The van der Waals surface area contributed by atoms with Gasteiger partial charge in [0.15, 0.2) is 5.43 Å². The summed E-state index contributed by atoms with van der Waals surface area (Å²) < 4.78 is 0.906.